The lowest BCUT2D eigenvalue weighted by Crippen LogP contribution is -2.00. The Morgan fingerprint density at radius 3 is 2.57 bits per heavy atom. The summed E-state index contributed by atoms with van der Waals surface area (Å²) in [6, 6.07) is 13.9. The molecular weight excluding hydrogens is 264 g/mol. The van der Waals surface area contributed by atoms with Gasteiger partial charge in [-0.25, -0.2) is 4.79 Å². The fraction of sp³-hybridized carbons (Fsp3) is 0.176. The van der Waals surface area contributed by atoms with Crippen molar-refractivity contribution in [3.63, 3.8) is 0 Å². The molecule has 0 bridgehead atoms. The molecule has 106 valence electrons. The first kappa shape index (κ1) is 13.4. The van der Waals surface area contributed by atoms with Crippen LogP contribution in [-0.4, -0.2) is 20.9 Å². The Morgan fingerprint density at radius 2 is 1.86 bits per heavy atom. The van der Waals surface area contributed by atoms with Crippen LogP contribution in [0.15, 0.2) is 48.7 Å². The van der Waals surface area contributed by atoms with E-state index in [1.54, 1.807) is 10.9 Å². The van der Waals surface area contributed by atoms with E-state index in [2.05, 4.69) is 5.10 Å². The summed E-state index contributed by atoms with van der Waals surface area (Å²) in [6.07, 6.45) is 1.60. The first-order valence-electron chi connectivity index (χ1n) is 6.88. The van der Waals surface area contributed by atoms with Crippen molar-refractivity contribution in [2.75, 3.05) is 0 Å². The summed E-state index contributed by atoms with van der Waals surface area (Å²) >= 11 is 0. The number of aromatic nitrogens is 2. The summed E-state index contributed by atoms with van der Waals surface area (Å²) in [7, 11) is 0. The summed E-state index contributed by atoms with van der Waals surface area (Å²) in [5.74, 6) is -0.954. The van der Waals surface area contributed by atoms with Gasteiger partial charge in [-0.1, -0.05) is 42.5 Å². The number of hydrogen-bond acceptors (Lipinski definition) is 2. The lowest BCUT2D eigenvalue weighted by Gasteiger charge is -2.06. The van der Waals surface area contributed by atoms with Crippen molar-refractivity contribution < 1.29 is 9.90 Å². The van der Waals surface area contributed by atoms with E-state index in [4.69, 9.17) is 0 Å². The third-order valence-electron chi connectivity index (χ3n) is 3.54. The van der Waals surface area contributed by atoms with Crippen molar-refractivity contribution >= 4 is 16.7 Å². The van der Waals surface area contributed by atoms with Gasteiger partial charge in [0.15, 0.2) is 0 Å². The van der Waals surface area contributed by atoms with Crippen LogP contribution in [0.4, 0.5) is 0 Å². The van der Waals surface area contributed by atoms with Crippen LogP contribution in [0.5, 0.6) is 0 Å². The summed E-state index contributed by atoms with van der Waals surface area (Å²) in [5.41, 5.74) is 1.61. The molecule has 2 aromatic carbocycles. The van der Waals surface area contributed by atoms with Gasteiger partial charge in [-0.05, 0) is 24.6 Å². The second-order valence-corrected chi connectivity index (χ2v) is 5.30. The van der Waals surface area contributed by atoms with Crippen LogP contribution in [0.1, 0.15) is 30.2 Å². The molecule has 0 unspecified atom stereocenters. The SMILES string of the molecule is CC(C)n1cc(C(=O)O)c(-c2cccc3ccccc23)n1. The minimum atomic E-state index is -0.954. The Balaban J connectivity index is 2.29. The van der Waals surface area contributed by atoms with Gasteiger partial charge >= 0.3 is 5.97 Å². The van der Waals surface area contributed by atoms with Crippen molar-refractivity contribution in [3.8, 4) is 11.3 Å². The average Bonchev–Trinajstić information content (AvgIpc) is 2.92. The number of fused-ring (bicyclic) bond motifs is 1. The van der Waals surface area contributed by atoms with E-state index < -0.39 is 5.97 Å². The molecule has 21 heavy (non-hydrogen) atoms. The van der Waals surface area contributed by atoms with Gasteiger partial charge in [0.1, 0.15) is 11.3 Å². The Bertz CT molecular complexity index is 813. The van der Waals surface area contributed by atoms with Crippen LogP contribution >= 0.6 is 0 Å². The minimum absolute atomic E-state index is 0.117. The normalized spacial score (nSPS) is 11.2. The number of hydrogen-bond donors (Lipinski definition) is 1. The van der Waals surface area contributed by atoms with Crippen LogP contribution in [-0.2, 0) is 0 Å². The van der Waals surface area contributed by atoms with E-state index in [1.165, 1.54) is 0 Å². The number of carboxylic acid groups (broad SMARTS) is 1. The smallest absolute Gasteiger partial charge is 0.339 e. The van der Waals surface area contributed by atoms with Crippen molar-refractivity contribution in [2.45, 2.75) is 19.9 Å². The molecule has 0 atom stereocenters. The van der Waals surface area contributed by atoms with Crippen LogP contribution < -0.4 is 0 Å². The molecule has 0 aliphatic heterocycles. The van der Waals surface area contributed by atoms with Gasteiger partial charge in [0.2, 0.25) is 0 Å². The zero-order valence-electron chi connectivity index (χ0n) is 11.9. The highest BCUT2D eigenvalue weighted by atomic mass is 16.4. The molecule has 0 fully saturated rings. The highest BCUT2D eigenvalue weighted by Gasteiger charge is 2.19. The maximum absolute atomic E-state index is 11.5. The maximum atomic E-state index is 11.5. The van der Waals surface area contributed by atoms with Crippen molar-refractivity contribution in [3.05, 3.63) is 54.2 Å². The van der Waals surface area contributed by atoms with Gasteiger partial charge in [-0.3, -0.25) is 4.68 Å². The predicted molar refractivity (Wildman–Crippen MR) is 82.5 cm³/mol. The van der Waals surface area contributed by atoms with Crippen LogP contribution in [0, 0.1) is 0 Å². The Kier molecular flexibility index (Phi) is 3.22. The van der Waals surface area contributed by atoms with Gasteiger partial charge in [0.25, 0.3) is 0 Å². The molecular formula is C17H16N2O2. The number of aromatic carboxylic acids is 1. The lowest BCUT2D eigenvalue weighted by molar-refractivity contribution is 0.0697. The molecule has 3 rings (SSSR count). The molecule has 0 amide bonds. The van der Waals surface area contributed by atoms with E-state index in [9.17, 15) is 9.90 Å². The molecule has 0 aliphatic carbocycles. The van der Waals surface area contributed by atoms with Crippen LogP contribution in [0.25, 0.3) is 22.0 Å². The standard InChI is InChI=1S/C17H16N2O2/c1-11(2)19-10-15(17(20)21)16(18-19)14-9-5-7-12-6-3-4-8-13(12)14/h3-11H,1-2H3,(H,20,21). The van der Waals surface area contributed by atoms with Crippen molar-refractivity contribution in [2.24, 2.45) is 0 Å². The topological polar surface area (TPSA) is 55.1 Å². The monoisotopic (exact) mass is 280 g/mol. The van der Waals surface area contributed by atoms with Crippen molar-refractivity contribution in [1.29, 1.82) is 0 Å². The third-order valence-corrected chi connectivity index (χ3v) is 3.54. The third kappa shape index (κ3) is 2.29. The Hall–Kier alpha value is -2.62. The van der Waals surface area contributed by atoms with Crippen LogP contribution in [0.2, 0.25) is 0 Å². The zero-order chi connectivity index (χ0) is 15.0. The molecule has 0 spiro atoms. The fourth-order valence-corrected chi connectivity index (χ4v) is 2.44. The highest BCUT2D eigenvalue weighted by molar-refractivity contribution is 6.02. The molecule has 1 N–H and O–H groups in total. The van der Waals surface area contributed by atoms with E-state index in [1.807, 2.05) is 56.3 Å². The van der Waals surface area contributed by atoms with E-state index >= 15 is 0 Å². The van der Waals surface area contributed by atoms with E-state index in [0.717, 1.165) is 16.3 Å². The number of rotatable bonds is 3. The molecule has 3 aromatic rings. The first-order valence-corrected chi connectivity index (χ1v) is 6.88. The molecule has 4 heteroatoms. The predicted octanol–water partition coefficient (Wildman–Crippen LogP) is 3.98. The summed E-state index contributed by atoms with van der Waals surface area (Å²) in [6.45, 7) is 3.96. The molecule has 1 aromatic heterocycles. The molecule has 4 nitrogen and oxygen atoms in total. The van der Waals surface area contributed by atoms with Gasteiger partial charge in [0, 0.05) is 17.8 Å². The minimum Gasteiger partial charge on any atom is -0.478 e. The number of benzene rings is 2. The molecule has 0 saturated carbocycles. The Morgan fingerprint density at radius 1 is 1.14 bits per heavy atom. The van der Waals surface area contributed by atoms with Gasteiger partial charge in [-0.15, -0.1) is 0 Å². The molecule has 0 saturated heterocycles. The average molecular weight is 280 g/mol. The second-order valence-electron chi connectivity index (χ2n) is 5.30. The first-order chi connectivity index (χ1) is 10.1. The van der Waals surface area contributed by atoms with E-state index in [-0.39, 0.29) is 11.6 Å². The van der Waals surface area contributed by atoms with Gasteiger partial charge in [-0.2, -0.15) is 5.10 Å². The molecule has 1 heterocycles. The zero-order valence-corrected chi connectivity index (χ0v) is 11.9. The summed E-state index contributed by atoms with van der Waals surface area (Å²) < 4.78 is 1.69. The van der Waals surface area contributed by atoms with E-state index in [0.29, 0.717) is 5.69 Å². The molecule has 0 radical (unpaired) electrons. The summed E-state index contributed by atoms with van der Waals surface area (Å²) in [5, 5.41) is 16.0. The maximum Gasteiger partial charge on any atom is 0.339 e. The van der Waals surface area contributed by atoms with Crippen LogP contribution in [0.3, 0.4) is 0 Å². The van der Waals surface area contributed by atoms with Gasteiger partial charge < -0.3 is 5.11 Å². The number of carbonyl (C=O) groups is 1. The molecule has 0 aliphatic rings. The largest absolute Gasteiger partial charge is 0.478 e. The number of nitrogens with zero attached hydrogens (tertiary/aromatic N) is 2. The summed E-state index contributed by atoms with van der Waals surface area (Å²) in [4.78, 5) is 11.5. The van der Waals surface area contributed by atoms with Gasteiger partial charge in [0.05, 0.1) is 0 Å². The quantitative estimate of drug-likeness (QED) is 0.789. The fourth-order valence-electron chi connectivity index (χ4n) is 2.44. The highest BCUT2D eigenvalue weighted by Crippen LogP contribution is 2.30. The Labute approximate surface area is 122 Å². The second kappa shape index (κ2) is 5.05. The van der Waals surface area contributed by atoms with Crippen molar-refractivity contribution in [1.82, 2.24) is 9.78 Å². The lowest BCUT2D eigenvalue weighted by atomic mass is 10.0. The number of carboxylic acids is 1.